The third kappa shape index (κ3) is 5.36. The molecule has 1 aliphatic rings. The van der Waals surface area contributed by atoms with Gasteiger partial charge in [-0.15, -0.1) is 0 Å². The topological polar surface area (TPSA) is 82.1 Å². The van der Waals surface area contributed by atoms with Crippen molar-refractivity contribution < 1.29 is 28.3 Å². The lowest BCUT2D eigenvalue weighted by Crippen LogP contribution is -2.58. The number of amides is 1. The minimum absolute atomic E-state index is 0.147. The van der Waals surface area contributed by atoms with Gasteiger partial charge < -0.3 is 13.9 Å². The third-order valence-corrected chi connectivity index (χ3v) is 10.2. The van der Waals surface area contributed by atoms with Gasteiger partial charge in [-0.25, -0.2) is 0 Å². The van der Waals surface area contributed by atoms with Crippen LogP contribution >= 0.6 is 0 Å². The Morgan fingerprint density at radius 1 is 1.10 bits per heavy atom. The number of benzene rings is 1. The highest BCUT2D eigenvalue weighted by molar-refractivity contribution is 6.75. The first kappa shape index (κ1) is 24.7. The van der Waals surface area contributed by atoms with Gasteiger partial charge in [-0.1, -0.05) is 51.1 Å². The molecule has 2 rings (SSSR count). The van der Waals surface area contributed by atoms with Gasteiger partial charge in [-0.3, -0.25) is 19.3 Å². The van der Waals surface area contributed by atoms with E-state index in [0.29, 0.717) is 5.56 Å². The normalized spacial score (nSPS) is 15.5. The fourth-order valence-electron chi connectivity index (χ4n) is 2.73. The van der Waals surface area contributed by atoms with Crippen LogP contribution in [0.25, 0.3) is 5.57 Å². The van der Waals surface area contributed by atoms with Gasteiger partial charge in [0.15, 0.2) is 6.73 Å². The van der Waals surface area contributed by atoms with E-state index in [4.69, 9.17) is 13.9 Å². The van der Waals surface area contributed by atoms with E-state index in [1.54, 1.807) is 38.1 Å². The van der Waals surface area contributed by atoms with Crippen LogP contribution in [-0.4, -0.2) is 49.9 Å². The van der Waals surface area contributed by atoms with Gasteiger partial charge in [-0.05, 0) is 37.5 Å². The number of ether oxygens (including phenoxy) is 2. The first-order valence-electron chi connectivity index (χ1n) is 10.3. The Kier molecular flexibility index (Phi) is 7.05. The summed E-state index contributed by atoms with van der Waals surface area (Å²) < 4.78 is 16.9. The highest BCUT2D eigenvalue weighted by Crippen LogP contribution is 2.38. The number of carbonyl (C=O) groups excluding carboxylic acids is 3. The molecule has 1 aromatic carbocycles. The van der Waals surface area contributed by atoms with Gasteiger partial charge in [0.25, 0.3) is 14.2 Å². The van der Waals surface area contributed by atoms with Gasteiger partial charge in [0, 0.05) is 6.92 Å². The highest BCUT2D eigenvalue weighted by atomic mass is 28.4. The van der Waals surface area contributed by atoms with Gasteiger partial charge >= 0.3 is 11.9 Å². The van der Waals surface area contributed by atoms with Crippen molar-refractivity contribution in [1.82, 2.24) is 4.90 Å². The van der Waals surface area contributed by atoms with E-state index in [0.717, 1.165) is 0 Å². The van der Waals surface area contributed by atoms with Crippen LogP contribution in [0.1, 0.15) is 47.1 Å². The van der Waals surface area contributed by atoms with E-state index in [2.05, 4.69) is 0 Å². The lowest BCUT2D eigenvalue weighted by Gasteiger charge is -2.43. The summed E-state index contributed by atoms with van der Waals surface area (Å²) >= 11 is 0. The van der Waals surface area contributed by atoms with E-state index >= 15 is 0 Å². The molecule has 0 saturated heterocycles. The second kappa shape index (κ2) is 8.86. The average Bonchev–Trinajstić information content (AvgIpc) is 2.65. The molecule has 0 saturated carbocycles. The lowest BCUT2D eigenvalue weighted by atomic mass is 9.97. The second-order valence-electron chi connectivity index (χ2n) is 9.66. The Labute approximate surface area is 185 Å². The zero-order valence-corrected chi connectivity index (χ0v) is 20.7. The van der Waals surface area contributed by atoms with E-state index in [9.17, 15) is 14.4 Å². The molecule has 1 aromatic rings. The van der Waals surface area contributed by atoms with Crippen molar-refractivity contribution in [3.63, 3.8) is 0 Å². The van der Waals surface area contributed by atoms with Crippen molar-refractivity contribution in [3.8, 4) is 0 Å². The van der Waals surface area contributed by atoms with Crippen LogP contribution in [-0.2, 0) is 28.3 Å². The molecular formula is C23H33NO6Si. The third-order valence-electron chi connectivity index (χ3n) is 5.90. The first-order valence-corrected chi connectivity index (χ1v) is 13.2. The maximum atomic E-state index is 13.5. The number of rotatable bonds is 6. The summed E-state index contributed by atoms with van der Waals surface area (Å²) in [4.78, 5) is 39.4. The fraction of sp³-hybridized carbons (Fsp3) is 0.522. The molecule has 31 heavy (non-hydrogen) atoms. The summed E-state index contributed by atoms with van der Waals surface area (Å²) in [6.07, 6.45) is 0. The van der Waals surface area contributed by atoms with Crippen LogP contribution in [0, 0.1) is 0 Å². The zero-order chi connectivity index (χ0) is 23.6. The van der Waals surface area contributed by atoms with E-state index in [1.807, 2.05) is 39.9 Å². The smallest absolute Gasteiger partial charge is 0.318 e. The quantitative estimate of drug-likeness (QED) is 0.482. The minimum atomic E-state index is -2.38. The van der Waals surface area contributed by atoms with Crippen LogP contribution in [0.2, 0.25) is 18.1 Å². The molecule has 0 bridgehead atoms. The minimum Gasteiger partial charge on any atom is -0.517 e. The number of carbonyl (C=O) groups is 3. The summed E-state index contributed by atoms with van der Waals surface area (Å²) in [7, 11) is -2.38. The van der Waals surface area contributed by atoms with Crippen molar-refractivity contribution in [2.45, 2.75) is 65.2 Å². The molecule has 8 heteroatoms. The molecule has 0 spiro atoms. The maximum absolute atomic E-state index is 13.5. The second-order valence-corrected chi connectivity index (χ2v) is 14.4. The lowest BCUT2D eigenvalue weighted by molar-refractivity contribution is -0.160. The van der Waals surface area contributed by atoms with Gasteiger partial charge in [0.2, 0.25) is 0 Å². The van der Waals surface area contributed by atoms with E-state index in [1.165, 1.54) is 11.8 Å². The molecule has 7 nitrogen and oxygen atoms in total. The molecule has 0 fully saturated rings. The van der Waals surface area contributed by atoms with Crippen LogP contribution in [0.15, 0.2) is 36.1 Å². The fourth-order valence-corrected chi connectivity index (χ4v) is 3.75. The Hall–Kier alpha value is -2.61. The van der Waals surface area contributed by atoms with Crippen LogP contribution in [0.4, 0.5) is 0 Å². The van der Waals surface area contributed by atoms with Crippen molar-refractivity contribution in [2.75, 3.05) is 13.3 Å². The molecular weight excluding hydrogens is 414 g/mol. The summed E-state index contributed by atoms with van der Waals surface area (Å²) in [5.41, 5.74) is -0.367. The van der Waals surface area contributed by atoms with Gasteiger partial charge in [0.05, 0.1) is 5.57 Å². The van der Waals surface area contributed by atoms with Gasteiger partial charge in [-0.2, -0.15) is 0 Å². The van der Waals surface area contributed by atoms with Crippen molar-refractivity contribution in [1.29, 1.82) is 0 Å². The Morgan fingerprint density at radius 2 is 1.68 bits per heavy atom. The standard InChI is InChI=1S/C23H33NO6Si/c1-16(25)28-14-18-19(17-12-10-9-11-13-17)20(26)24(15-29-18)23(5,6)21(27)30-31(7,8)22(2,3)4/h9-13H,14-15H2,1-8H3. The summed E-state index contributed by atoms with van der Waals surface area (Å²) in [5.74, 6) is -1.06. The monoisotopic (exact) mass is 447 g/mol. The highest BCUT2D eigenvalue weighted by Gasteiger charge is 2.48. The molecule has 0 unspecified atom stereocenters. The van der Waals surface area contributed by atoms with Crippen LogP contribution < -0.4 is 0 Å². The Balaban J connectivity index is 2.40. The predicted molar refractivity (Wildman–Crippen MR) is 120 cm³/mol. The summed E-state index contributed by atoms with van der Waals surface area (Å²) in [5, 5.41) is -0.159. The molecule has 0 atom stereocenters. The first-order chi connectivity index (χ1) is 14.2. The van der Waals surface area contributed by atoms with E-state index in [-0.39, 0.29) is 35.6 Å². The summed E-state index contributed by atoms with van der Waals surface area (Å²) in [6.45, 7) is 14.4. The molecule has 1 aliphatic heterocycles. The molecule has 170 valence electrons. The maximum Gasteiger partial charge on any atom is 0.318 e. The molecule has 0 radical (unpaired) electrons. The molecule has 0 aromatic heterocycles. The molecule has 0 aliphatic carbocycles. The van der Waals surface area contributed by atoms with E-state index < -0.39 is 25.8 Å². The Morgan fingerprint density at radius 3 is 2.19 bits per heavy atom. The largest absolute Gasteiger partial charge is 0.517 e. The Bertz CT molecular complexity index is 883. The van der Waals surface area contributed by atoms with Crippen molar-refractivity contribution in [3.05, 3.63) is 41.7 Å². The van der Waals surface area contributed by atoms with Crippen LogP contribution in [0.5, 0.6) is 0 Å². The average molecular weight is 448 g/mol. The molecule has 1 heterocycles. The number of hydrogen-bond acceptors (Lipinski definition) is 6. The van der Waals surface area contributed by atoms with Crippen molar-refractivity contribution >= 4 is 31.7 Å². The zero-order valence-electron chi connectivity index (χ0n) is 19.7. The molecule has 1 amide bonds. The number of nitrogens with zero attached hydrogens (tertiary/aromatic N) is 1. The number of hydrogen-bond donors (Lipinski definition) is 0. The summed E-state index contributed by atoms with van der Waals surface area (Å²) in [6, 6.07) is 8.98. The number of esters is 1. The molecule has 0 N–H and O–H groups in total. The van der Waals surface area contributed by atoms with Crippen molar-refractivity contribution in [2.24, 2.45) is 0 Å². The SMILES string of the molecule is CC(=O)OCC1=C(c2ccccc2)C(=O)N(C(C)(C)C(=O)O[Si](C)(C)C(C)(C)C)CO1. The van der Waals surface area contributed by atoms with Crippen LogP contribution in [0.3, 0.4) is 0 Å². The predicted octanol–water partition coefficient (Wildman–Crippen LogP) is 4.10. The van der Waals surface area contributed by atoms with Gasteiger partial charge in [0.1, 0.15) is 17.9 Å².